The van der Waals surface area contributed by atoms with Crippen LogP contribution in [0.25, 0.3) is 11.1 Å². The number of rotatable bonds is 6. The number of methoxy groups -OCH3 is 1. The zero-order valence-corrected chi connectivity index (χ0v) is 16.7. The lowest BCUT2D eigenvalue weighted by molar-refractivity contribution is 0.102. The van der Waals surface area contributed by atoms with Gasteiger partial charge >= 0.3 is 0 Å². The van der Waals surface area contributed by atoms with Gasteiger partial charge in [-0.05, 0) is 54.1 Å². The van der Waals surface area contributed by atoms with Gasteiger partial charge in [0.2, 0.25) is 5.95 Å². The van der Waals surface area contributed by atoms with Gasteiger partial charge in [-0.1, -0.05) is 24.3 Å². The number of halogens is 1. The Morgan fingerprint density at radius 1 is 0.903 bits per heavy atom. The third-order valence-corrected chi connectivity index (χ3v) is 4.57. The maximum Gasteiger partial charge on any atom is 0.255 e. The fraction of sp³-hybridized carbons (Fsp3) is 0.0417. The van der Waals surface area contributed by atoms with Gasteiger partial charge in [-0.15, -0.1) is 0 Å². The Balaban J connectivity index is 1.42. The number of nitrogens with one attached hydrogen (secondary N) is 2. The summed E-state index contributed by atoms with van der Waals surface area (Å²) in [6.45, 7) is 0. The molecule has 2 N–H and O–H groups in total. The number of amides is 1. The second kappa shape index (κ2) is 9.04. The summed E-state index contributed by atoms with van der Waals surface area (Å²) >= 11 is 0. The van der Waals surface area contributed by atoms with Crippen molar-refractivity contribution >= 4 is 23.2 Å². The van der Waals surface area contributed by atoms with Crippen molar-refractivity contribution in [3.05, 3.63) is 96.6 Å². The average Bonchev–Trinajstić information content (AvgIpc) is 2.80. The van der Waals surface area contributed by atoms with E-state index in [4.69, 9.17) is 4.74 Å². The highest BCUT2D eigenvalue weighted by Crippen LogP contribution is 2.24. The van der Waals surface area contributed by atoms with Crippen LogP contribution in [-0.2, 0) is 0 Å². The van der Waals surface area contributed by atoms with Crippen molar-refractivity contribution < 1.29 is 13.9 Å². The Morgan fingerprint density at radius 2 is 1.65 bits per heavy atom. The molecule has 6 nitrogen and oxygen atoms in total. The lowest BCUT2D eigenvalue weighted by atomic mass is 10.1. The van der Waals surface area contributed by atoms with E-state index in [9.17, 15) is 9.18 Å². The zero-order valence-electron chi connectivity index (χ0n) is 16.7. The van der Waals surface area contributed by atoms with Crippen molar-refractivity contribution in [2.45, 2.75) is 0 Å². The summed E-state index contributed by atoms with van der Waals surface area (Å²) < 4.78 is 18.6. The van der Waals surface area contributed by atoms with Crippen LogP contribution in [0.3, 0.4) is 0 Å². The summed E-state index contributed by atoms with van der Waals surface area (Å²) in [4.78, 5) is 21.1. The van der Waals surface area contributed by atoms with Crippen LogP contribution in [0.2, 0.25) is 0 Å². The average molecular weight is 414 g/mol. The maximum atomic E-state index is 13.4. The molecule has 0 fully saturated rings. The number of carbonyl (C=O) groups excluding carboxylic acids is 1. The molecule has 31 heavy (non-hydrogen) atoms. The Bertz CT molecular complexity index is 1190. The number of aromatic nitrogens is 2. The summed E-state index contributed by atoms with van der Waals surface area (Å²) in [7, 11) is 1.55. The molecule has 0 aliphatic heterocycles. The molecule has 1 aromatic heterocycles. The minimum Gasteiger partial charge on any atom is -0.495 e. The van der Waals surface area contributed by atoms with Gasteiger partial charge in [-0.25, -0.2) is 14.4 Å². The van der Waals surface area contributed by atoms with Crippen LogP contribution in [-0.4, -0.2) is 23.0 Å². The standard InChI is InChI=1S/C24H19FN4O2/c1-31-22-8-3-2-7-21(22)29-23(30)16-9-11-20(12-10-16)28-24-26-14-18(15-27-24)17-5-4-6-19(25)13-17/h2-15H,1H3,(H,29,30)(H,26,27,28). The van der Waals surface area contributed by atoms with Crippen LogP contribution >= 0.6 is 0 Å². The van der Waals surface area contributed by atoms with E-state index in [2.05, 4.69) is 20.6 Å². The third-order valence-electron chi connectivity index (χ3n) is 4.57. The van der Waals surface area contributed by atoms with Crippen LogP contribution in [0.1, 0.15) is 10.4 Å². The molecule has 7 heteroatoms. The van der Waals surface area contributed by atoms with Crippen molar-refractivity contribution in [2.24, 2.45) is 0 Å². The quantitative estimate of drug-likeness (QED) is 0.449. The molecule has 0 unspecified atom stereocenters. The van der Waals surface area contributed by atoms with Gasteiger partial charge in [-0.2, -0.15) is 0 Å². The fourth-order valence-electron chi connectivity index (χ4n) is 2.99. The molecule has 4 aromatic rings. The van der Waals surface area contributed by atoms with E-state index < -0.39 is 0 Å². The van der Waals surface area contributed by atoms with Gasteiger partial charge in [0.15, 0.2) is 0 Å². The summed E-state index contributed by atoms with van der Waals surface area (Å²) in [5, 5.41) is 5.92. The van der Waals surface area contributed by atoms with Gasteiger partial charge in [0.25, 0.3) is 5.91 Å². The second-order valence-electron chi connectivity index (χ2n) is 6.66. The van der Waals surface area contributed by atoms with Crippen molar-refractivity contribution in [3.8, 4) is 16.9 Å². The zero-order chi connectivity index (χ0) is 21.6. The van der Waals surface area contributed by atoms with Crippen LogP contribution < -0.4 is 15.4 Å². The lowest BCUT2D eigenvalue weighted by Crippen LogP contribution is -2.12. The highest BCUT2D eigenvalue weighted by atomic mass is 19.1. The molecule has 0 aliphatic carbocycles. The largest absolute Gasteiger partial charge is 0.495 e. The molecule has 3 aromatic carbocycles. The van der Waals surface area contributed by atoms with E-state index in [-0.39, 0.29) is 11.7 Å². The summed E-state index contributed by atoms with van der Waals surface area (Å²) in [6, 6.07) is 20.4. The van der Waals surface area contributed by atoms with Gasteiger partial charge in [0.05, 0.1) is 12.8 Å². The number of anilines is 3. The molecule has 0 spiro atoms. The molecule has 1 amide bonds. The molecule has 0 bridgehead atoms. The number of hydrogen-bond donors (Lipinski definition) is 2. The predicted octanol–water partition coefficient (Wildman–Crippen LogP) is 5.29. The second-order valence-corrected chi connectivity index (χ2v) is 6.66. The van der Waals surface area contributed by atoms with Crippen LogP contribution in [0.15, 0.2) is 85.2 Å². The van der Waals surface area contributed by atoms with Crippen molar-refractivity contribution in [2.75, 3.05) is 17.7 Å². The van der Waals surface area contributed by atoms with Crippen LogP contribution in [0, 0.1) is 5.82 Å². The topological polar surface area (TPSA) is 76.1 Å². The minimum absolute atomic E-state index is 0.244. The summed E-state index contributed by atoms with van der Waals surface area (Å²) in [5.41, 5.74) is 3.25. The molecule has 0 aliphatic rings. The van der Waals surface area contributed by atoms with Crippen LogP contribution in [0.4, 0.5) is 21.7 Å². The first-order valence-corrected chi connectivity index (χ1v) is 9.52. The van der Waals surface area contributed by atoms with Gasteiger partial charge in [0, 0.05) is 29.2 Å². The molecular weight excluding hydrogens is 395 g/mol. The first kappa shape index (κ1) is 20.0. The number of carbonyl (C=O) groups is 1. The Labute approximate surface area is 178 Å². The highest BCUT2D eigenvalue weighted by Gasteiger charge is 2.10. The molecule has 0 radical (unpaired) electrons. The van der Waals surface area contributed by atoms with E-state index in [1.54, 1.807) is 68.0 Å². The monoisotopic (exact) mass is 414 g/mol. The van der Waals surface area contributed by atoms with Gasteiger partial charge < -0.3 is 15.4 Å². The number of para-hydroxylation sites is 2. The number of nitrogens with zero attached hydrogens (tertiary/aromatic N) is 2. The predicted molar refractivity (Wildman–Crippen MR) is 118 cm³/mol. The number of hydrogen-bond acceptors (Lipinski definition) is 5. The first-order valence-electron chi connectivity index (χ1n) is 9.52. The van der Waals surface area contributed by atoms with Crippen molar-refractivity contribution in [1.82, 2.24) is 9.97 Å². The van der Waals surface area contributed by atoms with Crippen molar-refractivity contribution in [3.63, 3.8) is 0 Å². The van der Waals surface area contributed by atoms with E-state index in [1.165, 1.54) is 12.1 Å². The van der Waals surface area contributed by atoms with Gasteiger partial charge in [0.1, 0.15) is 11.6 Å². The summed E-state index contributed by atoms with van der Waals surface area (Å²) in [6.07, 6.45) is 3.25. The Hall–Kier alpha value is -4.26. The molecule has 0 saturated heterocycles. The molecule has 0 atom stereocenters. The minimum atomic E-state index is -0.311. The molecule has 154 valence electrons. The molecule has 4 rings (SSSR count). The van der Waals surface area contributed by atoms with E-state index >= 15 is 0 Å². The molecule has 0 saturated carbocycles. The van der Waals surface area contributed by atoms with Crippen LogP contribution in [0.5, 0.6) is 5.75 Å². The van der Waals surface area contributed by atoms with Crippen molar-refractivity contribution in [1.29, 1.82) is 0 Å². The normalized spacial score (nSPS) is 10.4. The Morgan fingerprint density at radius 3 is 2.35 bits per heavy atom. The number of ether oxygens (including phenoxy) is 1. The Kier molecular flexibility index (Phi) is 5.84. The lowest BCUT2D eigenvalue weighted by Gasteiger charge is -2.10. The maximum absolute atomic E-state index is 13.4. The number of benzene rings is 3. The smallest absolute Gasteiger partial charge is 0.255 e. The SMILES string of the molecule is COc1ccccc1NC(=O)c1ccc(Nc2ncc(-c3cccc(F)c3)cn2)cc1. The van der Waals surface area contributed by atoms with Gasteiger partial charge in [-0.3, -0.25) is 4.79 Å². The van der Waals surface area contributed by atoms with E-state index in [1.807, 2.05) is 12.1 Å². The third kappa shape index (κ3) is 4.84. The first-order chi connectivity index (χ1) is 15.1. The van der Waals surface area contributed by atoms with E-state index in [0.29, 0.717) is 34.1 Å². The molecule has 1 heterocycles. The summed E-state index contributed by atoms with van der Waals surface area (Å²) in [5.74, 6) is 0.431. The van der Waals surface area contributed by atoms with E-state index in [0.717, 1.165) is 5.69 Å². The fourth-order valence-corrected chi connectivity index (χ4v) is 2.99. The molecular formula is C24H19FN4O2. The highest BCUT2D eigenvalue weighted by molar-refractivity contribution is 6.05.